The van der Waals surface area contributed by atoms with Gasteiger partial charge in [0.2, 0.25) is 0 Å². The van der Waals surface area contributed by atoms with E-state index >= 15 is 0 Å². The first-order valence-corrected chi connectivity index (χ1v) is 10.3. The lowest BCUT2D eigenvalue weighted by atomic mass is 10.1. The van der Waals surface area contributed by atoms with Gasteiger partial charge in [0.1, 0.15) is 18.3 Å². The predicted molar refractivity (Wildman–Crippen MR) is 119 cm³/mol. The van der Waals surface area contributed by atoms with Crippen LogP contribution in [-0.2, 0) is 6.54 Å². The number of hydrogen-bond acceptors (Lipinski definition) is 1. The topological polar surface area (TPSA) is 34.4 Å². The van der Waals surface area contributed by atoms with Crippen LogP contribution in [0.1, 0.15) is 29.7 Å². The fourth-order valence-electron chi connectivity index (χ4n) is 3.47. The third-order valence-electron chi connectivity index (χ3n) is 5.23. The summed E-state index contributed by atoms with van der Waals surface area (Å²) in [6, 6.07) is 27.3. The van der Waals surface area contributed by atoms with Gasteiger partial charge in [0, 0.05) is 17.3 Å². The fraction of sp³-hybridized carbons (Fsp3) is 0.160. The van der Waals surface area contributed by atoms with E-state index in [0.717, 1.165) is 23.5 Å². The molecule has 0 aliphatic rings. The Balaban J connectivity index is 1.67. The van der Waals surface area contributed by atoms with Crippen molar-refractivity contribution < 1.29 is 5.32 Å². The maximum absolute atomic E-state index is 6.43. The number of nitrogens with two attached hydrogens (primary N) is 1. The molecule has 4 rings (SSSR count). The molecule has 0 aliphatic heterocycles. The van der Waals surface area contributed by atoms with Crippen LogP contribution in [0.4, 0.5) is 0 Å². The number of halogens is 1. The molecule has 0 unspecified atom stereocenters. The Kier molecular flexibility index (Phi) is 5.79. The molecule has 3 nitrogen and oxygen atoms in total. The summed E-state index contributed by atoms with van der Waals surface area (Å²) in [6.07, 6.45) is 2.10. The molecule has 3 aromatic carbocycles. The van der Waals surface area contributed by atoms with Gasteiger partial charge >= 0.3 is 0 Å². The Labute approximate surface area is 177 Å². The summed E-state index contributed by atoms with van der Waals surface area (Å²) in [4.78, 5) is 0. The molecular weight excluding hydrogens is 378 g/mol. The minimum atomic E-state index is 0.366. The van der Waals surface area contributed by atoms with Crippen LogP contribution in [0.15, 0.2) is 85.1 Å². The molecule has 0 saturated carbocycles. The molecule has 29 heavy (non-hydrogen) atoms. The standard InChI is InChI=1S/C25H24ClN3/c1-18-12-14-21(15-13-18)25-22(16-27-19(2)20-8-4-3-5-9-20)17-29(28-25)24-11-7-6-10-23(24)26/h3-15,17,19,27H,16H2,1-2H3/p+1/t19-/m1/s1. The van der Waals surface area contributed by atoms with Crippen molar-refractivity contribution in [1.29, 1.82) is 0 Å². The van der Waals surface area contributed by atoms with Crippen LogP contribution in [0.5, 0.6) is 0 Å². The van der Waals surface area contributed by atoms with E-state index in [1.54, 1.807) is 0 Å². The van der Waals surface area contributed by atoms with Crippen molar-refractivity contribution in [2.24, 2.45) is 0 Å². The molecule has 0 amide bonds. The lowest BCUT2D eigenvalue weighted by molar-refractivity contribution is -0.707. The number of aryl methyl sites for hydroxylation is 1. The second-order valence-corrected chi connectivity index (χ2v) is 7.81. The molecule has 0 radical (unpaired) electrons. The van der Waals surface area contributed by atoms with Crippen LogP contribution in [0.3, 0.4) is 0 Å². The van der Waals surface area contributed by atoms with Crippen molar-refractivity contribution in [3.05, 3.63) is 107 Å². The van der Waals surface area contributed by atoms with Gasteiger partial charge in [0.15, 0.2) is 0 Å². The molecule has 0 aliphatic carbocycles. The summed E-state index contributed by atoms with van der Waals surface area (Å²) in [5, 5.41) is 7.95. The van der Waals surface area contributed by atoms with E-state index in [-0.39, 0.29) is 0 Å². The number of para-hydroxylation sites is 1. The maximum Gasteiger partial charge on any atom is 0.109 e. The lowest BCUT2D eigenvalue weighted by Crippen LogP contribution is -2.83. The first-order valence-electron chi connectivity index (χ1n) is 9.90. The molecule has 1 aromatic heterocycles. The van der Waals surface area contributed by atoms with E-state index in [4.69, 9.17) is 16.7 Å². The van der Waals surface area contributed by atoms with Gasteiger partial charge in [-0.3, -0.25) is 0 Å². The zero-order valence-electron chi connectivity index (χ0n) is 16.7. The molecule has 2 N–H and O–H groups in total. The zero-order valence-corrected chi connectivity index (χ0v) is 17.5. The average molecular weight is 403 g/mol. The number of hydrogen-bond donors (Lipinski definition) is 1. The van der Waals surface area contributed by atoms with E-state index in [9.17, 15) is 0 Å². The van der Waals surface area contributed by atoms with Gasteiger partial charge in [-0.2, -0.15) is 5.10 Å². The molecule has 4 heteroatoms. The molecular formula is C25H25ClN3+. The van der Waals surface area contributed by atoms with Crippen molar-refractivity contribution in [3.8, 4) is 16.9 Å². The van der Waals surface area contributed by atoms with E-state index in [0.29, 0.717) is 11.1 Å². The number of rotatable bonds is 6. The molecule has 0 saturated heterocycles. The van der Waals surface area contributed by atoms with Crippen molar-refractivity contribution in [1.82, 2.24) is 9.78 Å². The molecule has 0 spiro atoms. The SMILES string of the molecule is Cc1ccc(-c2nn(-c3ccccc3Cl)cc2C[NH2+][C@H](C)c2ccccc2)cc1. The normalized spacial score (nSPS) is 12.1. The van der Waals surface area contributed by atoms with Crippen LogP contribution >= 0.6 is 11.6 Å². The van der Waals surface area contributed by atoms with E-state index in [1.165, 1.54) is 16.7 Å². The monoisotopic (exact) mass is 402 g/mol. The first-order chi connectivity index (χ1) is 14.1. The molecule has 0 fully saturated rings. The Morgan fingerprint density at radius 1 is 0.931 bits per heavy atom. The van der Waals surface area contributed by atoms with Crippen molar-refractivity contribution in [3.63, 3.8) is 0 Å². The summed E-state index contributed by atoms with van der Waals surface area (Å²) in [5.41, 5.74) is 6.77. The summed E-state index contributed by atoms with van der Waals surface area (Å²) in [5.74, 6) is 0. The van der Waals surface area contributed by atoms with E-state index in [2.05, 4.69) is 80.0 Å². The number of benzene rings is 3. The Morgan fingerprint density at radius 3 is 2.34 bits per heavy atom. The van der Waals surface area contributed by atoms with Gasteiger partial charge in [0.25, 0.3) is 0 Å². The molecule has 1 heterocycles. The highest BCUT2D eigenvalue weighted by Crippen LogP contribution is 2.26. The summed E-state index contributed by atoms with van der Waals surface area (Å²) in [7, 11) is 0. The van der Waals surface area contributed by atoms with Gasteiger partial charge in [-0.15, -0.1) is 0 Å². The van der Waals surface area contributed by atoms with E-state index < -0.39 is 0 Å². The van der Waals surface area contributed by atoms with Crippen LogP contribution in [0.2, 0.25) is 5.02 Å². The molecule has 0 bridgehead atoms. The Bertz CT molecular complexity index is 1080. The maximum atomic E-state index is 6.43. The second-order valence-electron chi connectivity index (χ2n) is 7.40. The fourth-order valence-corrected chi connectivity index (χ4v) is 3.69. The van der Waals surface area contributed by atoms with Gasteiger partial charge in [-0.1, -0.05) is 83.9 Å². The first kappa shape index (κ1) is 19.4. The predicted octanol–water partition coefficient (Wildman–Crippen LogP) is 5.33. The molecule has 1 atom stereocenters. The highest BCUT2D eigenvalue weighted by atomic mass is 35.5. The Hall–Kier alpha value is -2.88. The number of quaternary nitrogens is 1. The summed E-state index contributed by atoms with van der Waals surface area (Å²) >= 11 is 6.43. The minimum Gasteiger partial charge on any atom is -0.336 e. The Morgan fingerprint density at radius 2 is 1.62 bits per heavy atom. The molecule has 146 valence electrons. The van der Waals surface area contributed by atoms with Gasteiger partial charge < -0.3 is 5.32 Å². The van der Waals surface area contributed by atoms with Crippen LogP contribution in [-0.4, -0.2) is 9.78 Å². The largest absolute Gasteiger partial charge is 0.336 e. The van der Waals surface area contributed by atoms with Gasteiger partial charge in [-0.25, -0.2) is 4.68 Å². The third kappa shape index (κ3) is 4.42. The summed E-state index contributed by atoms with van der Waals surface area (Å²) in [6.45, 7) is 5.17. The van der Waals surface area contributed by atoms with Gasteiger partial charge in [-0.05, 0) is 26.0 Å². The van der Waals surface area contributed by atoms with Crippen LogP contribution in [0, 0.1) is 6.92 Å². The van der Waals surface area contributed by atoms with Crippen LogP contribution in [0.25, 0.3) is 16.9 Å². The third-order valence-corrected chi connectivity index (χ3v) is 5.55. The number of nitrogens with zero attached hydrogens (tertiary/aromatic N) is 2. The van der Waals surface area contributed by atoms with E-state index in [1.807, 2.05) is 28.9 Å². The average Bonchev–Trinajstić information content (AvgIpc) is 3.17. The van der Waals surface area contributed by atoms with Crippen molar-refractivity contribution in [2.45, 2.75) is 26.4 Å². The molecule has 4 aromatic rings. The second kappa shape index (κ2) is 8.64. The van der Waals surface area contributed by atoms with Crippen molar-refractivity contribution >= 4 is 11.6 Å². The summed E-state index contributed by atoms with van der Waals surface area (Å²) < 4.78 is 1.90. The highest BCUT2D eigenvalue weighted by molar-refractivity contribution is 6.32. The highest BCUT2D eigenvalue weighted by Gasteiger charge is 2.17. The lowest BCUT2D eigenvalue weighted by Gasteiger charge is -2.11. The quantitative estimate of drug-likeness (QED) is 0.465. The van der Waals surface area contributed by atoms with Crippen molar-refractivity contribution in [2.75, 3.05) is 0 Å². The smallest absolute Gasteiger partial charge is 0.109 e. The zero-order chi connectivity index (χ0) is 20.2. The minimum absolute atomic E-state index is 0.366. The van der Waals surface area contributed by atoms with Gasteiger partial charge in [0.05, 0.1) is 16.3 Å². The van der Waals surface area contributed by atoms with Crippen LogP contribution < -0.4 is 5.32 Å². The number of aromatic nitrogens is 2.